The van der Waals surface area contributed by atoms with Gasteiger partial charge >= 0.3 is 5.69 Å². The van der Waals surface area contributed by atoms with E-state index in [2.05, 4.69) is 17.2 Å². The van der Waals surface area contributed by atoms with Crippen molar-refractivity contribution in [2.24, 2.45) is 0 Å². The summed E-state index contributed by atoms with van der Waals surface area (Å²) in [6.07, 6.45) is 4.31. The first kappa shape index (κ1) is 16.0. The summed E-state index contributed by atoms with van der Waals surface area (Å²) in [5, 5.41) is 3.21. The molecular formula is C16H21N3O3. The van der Waals surface area contributed by atoms with E-state index in [1.165, 1.54) is 4.57 Å². The largest absolute Gasteiger partial charge is 0.355 e. The lowest BCUT2D eigenvalue weighted by Gasteiger charge is -2.09. The number of hydrogen-bond donors (Lipinski definition) is 2. The molecule has 0 saturated carbocycles. The number of hydrogen-bond acceptors (Lipinski definition) is 3. The van der Waals surface area contributed by atoms with Crippen molar-refractivity contribution in [3.05, 3.63) is 45.1 Å². The average Bonchev–Trinajstić information content (AvgIpc) is 2.51. The monoisotopic (exact) mass is 303 g/mol. The Morgan fingerprint density at radius 1 is 1.18 bits per heavy atom. The standard InChI is InChI=1S/C16H21N3O3/c1-2-3-4-7-10-17-14(20)11-19-13-9-6-5-8-12(13)15(21)18-16(19)22/h5-6,8-9H,2-4,7,10-11H2,1H3,(H,17,20)(H,18,21,22). The number of carbonyl (C=O) groups excluding carboxylic acids is 1. The van der Waals surface area contributed by atoms with Crippen molar-refractivity contribution in [2.75, 3.05) is 6.54 Å². The van der Waals surface area contributed by atoms with Gasteiger partial charge in [0.1, 0.15) is 6.54 Å². The molecule has 0 atom stereocenters. The number of unbranched alkanes of at least 4 members (excludes halogenated alkanes) is 3. The second-order valence-electron chi connectivity index (χ2n) is 5.27. The first-order valence-electron chi connectivity index (χ1n) is 7.62. The van der Waals surface area contributed by atoms with E-state index in [1.807, 2.05) is 0 Å². The summed E-state index contributed by atoms with van der Waals surface area (Å²) in [5.74, 6) is -0.226. The summed E-state index contributed by atoms with van der Waals surface area (Å²) in [4.78, 5) is 37.9. The smallest absolute Gasteiger partial charge is 0.329 e. The maximum Gasteiger partial charge on any atom is 0.329 e. The topological polar surface area (TPSA) is 84.0 Å². The van der Waals surface area contributed by atoms with Crippen molar-refractivity contribution < 1.29 is 4.79 Å². The second kappa shape index (κ2) is 7.59. The molecule has 22 heavy (non-hydrogen) atoms. The van der Waals surface area contributed by atoms with Gasteiger partial charge in [-0.15, -0.1) is 0 Å². The Morgan fingerprint density at radius 3 is 2.73 bits per heavy atom. The molecule has 1 amide bonds. The molecule has 0 aliphatic heterocycles. The quantitative estimate of drug-likeness (QED) is 0.758. The molecular weight excluding hydrogens is 282 g/mol. The molecule has 0 fully saturated rings. The lowest BCUT2D eigenvalue weighted by Crippen LogP contribution is -2.36. The van der Waals surface area contributed by atoms with Crippen molar-refractivity contribution in [3.63, 3.8) is 0 Å². The first-order valence-corrected chi connectivity index (χ1v) is 7.62. The number of rotatable bonds is 7. The van der Waals surface area contributed by atoms with Gasteiger partial charge in [-0.2, -0.15) is 0 Å². The Kier molecular flexibility index (Phi) is 5.52. The number of nitrogens with zero attached hydrogens (tertiary/aromatic N) is 1. The van der Waals surface area contributed by atoms with E-state index in [-0.39, 0.29) is 12.5 Å². The molecule has 1 aromatic heterocycles. The summed E-state index contributed by atoms with van der Waals surface area (Å²) < 4.78 is 1.29. The minimum Gasteiger partial charge on any atom is -0.355 e. The van der Waals surface area contributed by atoms with Gasteiger partial charge < -0.3 is 5.32 Å². The van der Waals surface area contributed by atoms with Gasteiger partial charge in [-0.3, -0.25) is 19.1 Å². The lowest BCUT2D eigenvalue weighted by atomic mass is 10.2. The summed E-state index contributed by atoms with van der Waals surface area (Å²) in [6.45, 7) is 2.64. The fourth-order valence-corrected chi connectivity index (χ4v) is 2.38. The maximum atomic E-state index is 12.0. The van der Waals surface area contributed by atoms with Gasteiger partial charge in [0.05, 0.1) is 10.9 Å². The number of benzene rings is 1. The predicted octanol–water partition coefficient (Wildman–Crippen LogP) is 1.39. The molecule has 0 aliphatic carbocycles. The van der Waals surface area contributed by atoms with Crippen molar-refractivity contribution in [1.29, 1.82) is 0 Å². The van der Waals surface area contributed by atoms with Gasteiger partial charge in [-0.25, -0.2) is 4.79 Å². The number of para-hydroxylation sites is 1. The fraction of sp³-hybridized carbons (Fsp3) is 0.438. The molecule has 2 rings (SSSR count). The second-order valence-corrected chi connectivity index (χ2v) is 5.27. The van der Waals surface area contributed by atoms with E-state index in [4.69, 9.17) is 0 Å². The molecule has 0 spiro atoms. The van der Waals surface area contributed by atoms with Crippen LogP contribution in [0.5, 0.6) is 0 Å². The maximum absolute atomic E-state index is 12.0. The first-order chi connectivity index (χ1) is 10.6. The Hall–Kier alpha value is -2.37. The number of carbonyl (C=O) groups is 1. The van der Waals surface area contributed by atoms with Gasteiger partial charge in [0.15, 0.2) is 0 Å². The predicted molar refractivity (Wildman–Crippen MR) is 86.0 cm³/mol. The van der Waals surface area contributed by atoms with Crippen LogP contribution in [-0.2, 0) is 11.3 Å². The van der Waals surface area contributed by atoms with Crippen molar-refractivity contribution in [3.8, 4) is 0 Å². The SMILES string of the molecule is CCCCCCNC(=O)Cn1c(=O)[nH]c(=O)c2ccccc21. The third kappa shape index (κ3) is 3.84. The van der Waals surface area contributed by atoms with Gasteiger partial charge in [0.2, 0.25) is 5.91 Å². The van der Waals surface area contributed by atoms with Crippen LogP contribution in [0.3, 0.4) is 0 Å². The van der Waals surface area contributed by atoms with E-state index in [0.717, 1.165) is 25.7 Å². The normalized spacial score (nSPS) is 10.8. The molecule has 1 aromatic carbocycles. The highest BCUT2D eigenvalue weighted by Crippen LogP contribution is 2.06. The summed E-state index contributed by atoms with van der Waals surface area (Å²) in [6, 6.07) is 6.76. The highest BCUT2D eigenvalue weighted by atomic mass is 16.2. The average molecular weight is 303 g/mol. The molecule has 0 bridgehead atoms. The highest BCUT2D eigenvalue weighted by Gasteiger charge is 2.10. The van der Waals surface area contributed by atoms with Crippen LogP contribution >= 0.6 is 0 Å². The minimum atomic E-state index is -0.565. The Balaban J connectivity index is 2.10. The molecule has 1 heterocycles. The number of H-pyrrole nitrogens is 1. The number of amides is 1. The van der Waals surface area contributed by atoms with E-state index in [9.17, 15) is 14.4 Å². The van der Waals surface area contributed by atoms with Gasteiger partial charge in [0, 0.05) is 6.54 Å². The van der Waals surface area contributed by atoms with E-state index in [1.54, 1.807) is 24.3 Å². The van der Waals surface area contributed by atoms with Crippen LogP contribution in [0.1, 0.15) is 32.6 Å². The summed E-state index contributed by atoms with van der Waals surface area (Å²) in [7, 11) is 0. The molecule has 118 valence electrons. The Labute approximate surface area is 128 Å². The van der Waals surface area contributed by atoms with Crippen molar-refractivity contribution in [2.45, 2.75) is 39.2 Å². The van der Waals surface area contributed by atoms with Gasteiger partial charge in [-0.1, -0.05) is 38.3 Å². The molecule has 0 unspecified atom stereocenters. The van der Waals surface area contributed by atoms with E-state index < -0.39 is 11.2 Å². The zero-order valence-electron chi connectivity index (χ0n) is 12.7. The number of nitrogens with one attached hydrogen (secondary N) is 2. The molecule has 6 nitrogen and oxygen atoms in total. The zero-order chi connectivity index (χ0) is 15.9. The number of fused-ring (bicyclic) bond motifs is 1. The summed E-state index contributed by atoms with van der Waals surface area (Å²) in [5.41, 5.74) is -0.529. The van der Waals surface area contributed by atoms with Crippen molar-refractivity contribution in [1.82, 2.24) is 14.9 Å². The van der Waals surface area contributed by atoms with Gasteiger partial charge in [-0.05, 0) is 18.6 Å². The fourth-order valence-electron chi connectivity index (χ4n) is 2.38. The molecule has 2 N–H and O–H groups in total. The minimum absolute atomic E-state index is 0.0933. The number of aromatic nitrogens is 2. The van der Waals surface area contributed by atoms with Crippen LogP contribution in [0, 0.1) is 0 Å². The molecule has 0 radical (unpaired) electrons. The van der Waals surface area contributed by atoms with E-state index >= 15 is 0 Å². The van der Waals surface area contributed by atoms with Crippen LogP contribution in [0.4, 0.5) is 0 Å². The Bertz CT molecular complexity index is 761. The number of aromatic amines is 1. The molecule has 2 aromatic rings. The molecule has 0 saturated heterocycles. The zero-order valence-corrected chi connectivity index (χ0v) is 12.7. The molecule has 6 heteroatoms. The van der Waals surface area contributed by atoms with Crippen LogP contribution in [0.25, 0.3) is 10.9 Å². The van der Waals surface area contributed by atoms with Gasteiger partial charge in [0.25, 0.3) is 5.56 Å². The van der Waals surface area contributed by atoms with Crippen LogP contribution in [0.2, 0.25) is 0 Å². The lowest BCUT2D eigenvalue weighted by molar-refractivity contribution is -0.121. The van der Waals surface area contributed by atoms with Crippen LogP contribution in [0.15, 0.2) is 33.9 Å². The van der Waals surface area contributed by atoms with E-state index in [0.29, 0.717) is 17.4 Å². The summed E-state index contributed by atoms with van der Waals surface area (Å²) >= 11 is 0. The Morgan fingerprint density at radius 2 is 1.95 bits per heavy atom. The third-order valence-electron chi connectivity index (χ3n) is 3.56. The highest BCUT2D eigenvalue weighted by molar-refractivity contribution is 5.81. The molecule has 0 aliphatic rings. The van der Waals surface area contributed by atoms with Crippen LogP contribution in [-0.4, -0.2) is 22.0 Å². The van der Waals surface area contributed by atoms with Crippen LogP contribution < -0.4 is 16.6 Å². The van der Waals surface area contributed by atoms with Crippen molar-refractivity contribution >= 4 is 16.8 Å². The third-order valence-corrected chi connectivity index (χ3v) is 3.56.